The molecule has 11 heteroatoms. The van der Waals surface area contributed by atoms with Gasteiger partial charge in [-0.3, -0.25) is 4.40 Å². The Kier molecular flexibility index (Phi) is 5.31. The smallest absolute Gasteiger partial charge is 0.250 e. The summed E-state index contributed by atoms with van der Waals surface area (Å²) in [5, 5.41) is 4.12. The second-order valence-corrected chi connectivity index (χ2v) is 7.93. The summed E-state index contributed by atoms with van der Waals surface area (Å²) in [6, 6.07) is 7.94. The number of pyridine rings is 1. The molecule has 0 spiro atoms. The molecule has 1 aromatic carbocycles. The molecule has 1 N–H and O–H groups in total. The first-order valence-corrected chi connectivity index (χ1v) is 9.79. The number of nitrogens with one attached hydrogen (secondary N) is 1. The van der Waals surface area contributed by atoms with Crippen molar-refractivity contribution in [3.8, 4) is 0 Å². The summed E-state index contributed by atoms with van der Waals surface area (Å²) in [6.45, 7) is 1.36. The number of sulfonamides is 1. The van der Waals surface area contributed by atoms with Crippen molar-refractivity contribution >= 4 is 15.7 Å². The van der Waals surface area contributed by atoms with Crippen molar-refractivity contribution in [2.75, 3.05) is 6.54 Å². The van der Waals surface area contributed by atoms with Crippen LogP contribution in [0.3, 0.4) is 0 Å². The highest BCUT2D eigenvalue weighted by Gasteiger charge is 2.33. The van der Waals surface area contributed by atoms with E-state index in [1.807, 2.05) is 0 Å². The van der Waals surface area contributed by atoms with Gasteiger partial charge in [-0.1, -0.05) is 12.1 Å². The SMILES string of the molecule is Cc1ccc(S(=O)(=O)NCCCn2nc3ccccn3c2=O)cc1C(F)(F)F. The third kappa shape index (κ3) is 4.09. The minimum atomic E-state index is -4.64. The maximum Gasteiger partial charge on any atom is 0.416 e. The number of aromatic nitrogens is 3. The largest absolute Gasteiger partial charge is 0.416 e. The van der Waals surface area contributed by atoms with Gasteiger partial charge in [0.25, 0.3) is 0 Å². The number of hydrogen-bond acceptors (Lipinski definition) is 4. The predicted molar refractivity (Wildman–Crippen MR) is 95.4 cm³/mol. The highest BCUT2D eigenvalue weighted by atomic mass is 32.2. The molecular formula is C17H17F3N4O3S. The summed E-state index contributed by atoms with van der Waals surface area (Å²) in [5.41, 5.74) is -0.941. The van der Waals surface area contributed by atoms with E-state index in [0.717, 1.165) is 12.1 Å². The first kappa shape index (κ1) is 20.1. The van der Waals surface area contributed by atoms with E-state index in [0.29, 0.717) is 11.7 Å². The van der Waals surface area contributed by atoms with Gasteiger partial charge >= 0.3 is 11.9 Å². The number of hydrogen-bond donors (Lipinski definition) is 1. The van der Waals surface area contributed by atoms with E-state index < -0.39 is 26.7 Å². The summed E-state index contributed by atoms with van der Waals surface area (Å²) in [4.78, 5) is 11.7. The van der Waals surface area contributed by atoms with Gasteiger partial charge in [0.2, 0.25) is 10.0 Å². The van der Waals surface area contributed by atoms with E-state index in [1.54, 1.807) is 24.4 Å². The van der Waals surface area contributed by atoms with Crippen molar-refractivity contribution < 1.29 is 21.6 Å². The molecule has 0 unspecified atom stereocenters. The zero-order chi connectivity index (χ0) is 20.5. The van der Waals surface area contributed by atoms with Crippen LogP contribution in [-0.2, 0) is 22.7 Å². The van der Waals surface area contributed by atoms with E-state index in [9.17, 15) is 26.4 Å². The monoisotopic (exact) mass is 414 g/mol. The summed E-state index contributed by atoms with van der Waals surface area (Å²) in [5.74, 6) is 0. The summed E-state index contributed by atoms with van der Waals surface area (Å²) < 4.78 is 68.3. The number of nitrogens with zero attached hydrogens (tertiary/aromatic N) is 3. The molecule has 0 saturated carbocycles. The van der Waals surface area contributed by atoms with Gasteiger partial charge in [-0.15, -0.1) is 5.10 Å². The minimum absolute atomic E-state index is 0.0577. The predicted octanol–water partition coefficient (Wildman–Crippen LogP) is 2.19. The average Bonchev–Trinajstić information content (AvgIpc) is 2.94. The lowest BCUT2D eigenvalue weighted by Crippen LogP contribution is -2.28. The lowest BCUT2D eigenvalue weighted by Gasteiger charge is -2.13. The number of rotatable bonds is 6. The molecule has 2 aromatic heterocycles. The maximum atomic E-state index is 13.0. The fourth-order valence-electron chi connectivity index (χ4n) is 2.71. The quantitative estimate of drug-likeness (QED) is 0.627. The molecule has 0 bridgehead atoms. The Morgan fingerprint density at radius 3 is 2.61 bits per heavy atom. The molecule has 7 nitrogen and oxygen atoms in total. The van der Waals surface area contributed by atoms with Crippen LogP contribution in [-0.4, -0.2) is 29.1 Å². The Hall–Kier alpha value is -2.66. The van der Waals surface area contributed by atoms with Crippen molar-refractivity contribution in [2.45, 2.75) is 31.0 Å². The molecule has 28 heavy (non-hydrogen) atoms. The summed E-state index contributed by atoms with van der Waals surface area (Å²) in [6.07, 6.45) is -2.83. The number of aryl methyl sites for hydroxylation is 2. The Labute approximate surface area is 158 Å². The lowest BCUT2D eigenvalue weighted by atomic mass is 10.1. The lowest BCUT2D eigenvalue weighted by molar-refractivity contribution is -0.138. The molecule has 150 valence electrons. The second-order valence-electron chi connectivity index (χ2n) is 6.16. The molecule has 0 radical (unpaired) electrons. The number of benzene rings is 1. The number of fused-ring (bicyclic) bond motifs is 1. The summed E-state index contributed by atoms with van der Waals surface area (Å²) in [7, 11) is -4.11. The molecule has 0 aliphatic heterocycles. The molecule has 3 rings (SSSR count). The molecule has 2 heterocycles. The molecule has 0 amide bonds. The van der Waals surface area contributed by atoms with Gasteiger partial charge in [-0.2, -0.15) is 13.2 Å². The average molecular weight is 414 g/mol. The first-order chi connectivity index (χ1) is 13.1. The Balaban J connectivity index is 1.67. The van der Waals surface area contributed by atoms with Gasteiger partial charge in [-0.25, -0.2) is 22.6 Å². The van der Waals surface area contributed by atoms with E-state index in [-0.39, 0.29) is 30.8 Å². The van der Waals surface area contributed by atoms with Gasteiger partial charge < -0.3 is 0 Å². The maximum absolute atomic E-state index is 13.0. The van der Waals surface area contributed by atoms with Crippen LogP contribution in [0.5, 0.6) is 0 Å². The molecule has 0 fully saturated rings. The molecule has 0 aliphatic rings. The number of alkyl halides is 3. The zero-order valence-corrected chi connectivity index (χ0v) is 15.6. The van der Waals surface area contributed by atoms with Gasteiger partial charge in [0.15, 0.2) is 5.65 Å². The standard InChI is InChI=1S/C17H17F3N4O3S/c1-12-6-7-13(11-14(12)17(18,19)20)28(26,27)21-8-4-10-24-16(25)23-9-3-2-5-15(23)22-24/h2-3,5-7,9,11,21H,4,8,10H2,1H3. The van der Waals surface area contributed by atoms with Crippen LogP contribution in [0.15, 0.2) is 52.3 Å². The molecule has 0 aliphatic carbocycles. The minimum Gasteiger partial charge on any atom is -0.250 e. The van der Waals surface area contributed by atoms with Gasteiger partial charge in [0.05, 0.1) is 10.5 Å². The van der Waals surface area contributed by atoms with Crippen LogP contribution in [0.25, 0.3) is 5.65 Å². The molecule has 0 saturated heterocycles. The van der Waals surface area contributed by atoms with Crippen molar-refractivity contribution in [3.63, 3.8) is 0 Å². The van der Waals surface area contributed by atoms with Crippen molar-refractivity contribution in [3.05, 3.63) is 64.2 Å². The van der Waals surface area contributed by atoms with Crippen molar-refractivity contribution in [1.82, 2.24) is 18.9 Å². The second kappa shape index (κ2) is 7.40. The first-order valence-electron chi connectivity index (χ1n) is 8.31. The Morgan fingerprint density at radius 2 is 1.93 bits per heavy atom. The van der Waals surface area contributed by atoms with Crippen LogP contribution in [0.2, 0.25) is 0 Å². The van der Waals surface area contributed by atoms with E-state index in [2.05, 4.69) is 9.82 Å². The highest BCUT2D eigenvalue weighted by Crippen LogP contribution is 2.33. The van der Waals surface area contributed by atoms with Crippen molar-refractivity contribution in [2.24, 2.45) is 0 Å². The molecule has 3 aromatic rings. The van der Waals surface area contributed by atoms with Crippen molar-refractivity contribution in [1.29, 1.82) is 0 Å². The van der Waals surface area contributed by atoms with Crippen LogP contribution in [0, 0.1) is 6.92 Å². The fraction of sp³-hybridized carbons (Fsp3) is 0.294. The van der Waals surface area contributed by atoms with Gasteiger partial charge in [-0.05, 0) is 43.2 Å². The number of halogens is 3. The fourth-order valence-corrected chi connectivity index (χ4v) is 3.81. The molecule has 0 atom stereocenters. The Morgan fingerprint density at radius 1 is 1.18 bits per heavy atom. The topological polar surface area (TPSA) is 85.5 Å². The third-order valence-electron chi connectivity index (χ3n) is 4.15. The van der Waals surface area contributed by atoms with Crippen LogP contribution < -0.4 is 10.4 Å². The highest BCUT2D eigenvalue weighted by molar-refractivity contribution is 7.89. The van der Waals surface area contributed by atoms with E-state index >= 15 is 0 Å². The van der Waals surface area contributed by atoms with Gasteiger partial charge in [0.1, 0.15) is 0 Å². The zero-order valence-electron chi connectivity index (χ0n) is 14.8. The van der Waals surface area contributed by atoms with E-state index in [1.165, 1.54) is 16.0 Å². The Bertz CT molecular complexity index is 1170. The normalized spacial score (nSPS) is 12.6. The summed E-state index contributed by atoms with van der Waals surface area (Å²) >= 11 is 0. The van der Waals surface area contributed by atoms with Crippen LogP contribution in [0.4, 0.5) is 13.2 Å². The van der Waals surface area contributed by atoms with Crippen LogP contribution >= 0.6 is 0 Å². The third-order valence-corrected chi connectivity index (χ3v) is 5.61. The van der Waals surface area contributed by atoms with E-state index in [4.69, 9.17) is 0 Å². The van der Waals surface area contributed by atoms with Crippen LogP contribution in [0.1, 0.15) is 17.5 Å². The molecular weight excluding hydrogens is 397 g/mol. The van der Waals surface area contributed by atoms with Gasteiger partial charge in [0, 0.05) is 19.3 Å².